The van der Waals surface area contributed by atoms with Crippen molar-refractivity contribution in [3.05, 3.63) is 40.4 Å². The lowest BCUT2D eigenvalue weighted by Crippen LogP contribution is -2.46. The number of benzene rings is 1. The fourth-order valence-corrected chi connectivity index (χ4v) is 3.15. The molecule has 2 heterocycles. The van der Waals surface area contributed by atoms with E-state index in [1.54, 1.807) is 0 Å². The van der Waals surface area contributed by atoms with Crippen molar-refractivity contribution in [2.45, 2.75) is 6.54 Å². The van der Waals surface area contributed by atoms with Crippen LogP contribution in [0.4, 0.5) is 10.1 Å². The molecule has 11 heteroatoms. The Morgan fingerprint density at radius 2 is 1.96 bits per heavy atom. The smallest absolute Gasteiger partial charge is 0.174 e. The standard InChI is InChI=1S/C17H22ClFN6O3/c18-13-9-12(1-2-14(13)19)21-17(20-11-27)16-15(22-28-23-16)10-25-5-3-24(4-6-25)7-8-26/h1-2,9,26-27H,3-8,10-11H2,(H,20,21). The number of aliphatic imine (C=N–C) groups is 1. The first-order valence-corrected chi connectivity index (χ1v) is 9.23. The van der Waals surface area contributed by atoms with Gasteiger partial charge in [-0.15, -0.1) is 0 Å². The first kappa shape index (κ1) is 20.6. The van der Waals surface area contributed by atoms with E-state index < -0.39 is 12.5 Å². The van der Waals surface area contributed by atoms with Crippen LogP contribution in [0.2, 0.25) is 5.02 Å². The summed E-state index contributed by atoms with van der Waals surface area (Å²) in [6.45, 7) is 4.20. The van der Waals surface area contributed by atoms with Crippen molar-refractivity contribution in [3.63, 3.8) is 0 Å². The Morgan fingerprint density at radius 1 is 1.21 bits per heavy atom. The molecule has 0 bridgehead atoms. The summed E-state index contributed by atoms with van der Waals surface area (Å²) in [6.07, 6.45) is 0. The van der Waals surface area contributed by atoms with Crippen molar-refractivity contribution in [1.29, 1.82) is 0 Å². The lowest BCUT2D eigenvalue weighted by Gasteiger charge is -2.33. The summed E-state index contributed by atoms with van der Waals surface area (Å²) in [7, 11) is 0. The Kier molecular flexibility index (Phi) is 7.29. The van der Waals surface area contributed by atoms with Crippen LogP contribution < -0.4 is 5.32 Å². The second kappa shape index (κ2) is 9.89. The van der Waals surface area contributed by atoms with E-state index in [0.717, 1.165) is 26.2 Å². The predicted octanol–water partition coefficient (Wildman–Crippen LogP) is 0.781. The van der Waals surface area contributed by atoms with Gasteiger partial charge in [0.05, 0.1) is 11.6 Å². The molecule has 0 aliphatic carbocycles. The van der Waals surface area contributed by atoms with Crippen molar-refractivity contribution < 1.29 is 19.2 Å². The summed E-state index contributed by atoms with van der Waals surface area (Å²) in [5, 5.41) is 29.1. The fourth-order valence-electron chi connectivity index (χ4n) is 2.97. The molecular formula is C17H22ClFN6O3. The number of anilines is 1. The van der Waals surface area contributed by atoms with Gasteiger partial charge in [-0.3, -0.25) is 9.80 Å². The SMILES string of the molecule is OCCN1CCN(Cc2nonc2/C(=N/CO)Nc2ccc(F)c(Cl)c2)CC1. The lowest BCUT2D eigenvalue weighted by molar-refractivity contribution is 0.107. The second-order valence-electron chi connectivity index (χ2n) is 6.30. The maximum absolute atomic E-state index is 13.4. The molecule has 152 valence electrons. The molecule has 0 atom stereocenters. The van der Waals surface area contributed by atoms with E-state index >= 15 is 0 Å². The van der Waals surface area contributed by atoms with Crippen molar-refractivity contribution in [2.24, 2.45) is 4.99 Å². The number of rotatable bonds is 7. The van der Waals surface area contributed by atoms with Crippen molar-refractivity contribution >= 4 is 23.1 Å². The molecule has 1 saturated heterocycles. The lowest BCUT2D eigenvalue weighted by atomic mass is 10.2. The Bertz CT molecular complexity index is 810. The summed E-state index contributed by atoms with van der Waals surface area (Å²) in [5.74, 6) is -0.280. The molecule has 3 N–H and O–H groups in total. The molecule has 1 aliphatic rings. The number of aliphatic hydroxyl groups is 2. The number of nitrogens with zero attached hydrogens (tertiary/aromatic N) is 5. The number of amidine groups is 1. The largest absolute Gasteiger partial charge is 0.395 e. The third-order valence-corrected chi connectivity index (χ3v) is 4.74. The quantitative estimate of drug-likeness (QED) is 0.452. The third kappa shape index (κ3) is 5.24. The van der Waals surface area contributed by atoms with E-state index in [9.17, 15) is 9.50 Å². The number of aliphatic hydroxyl groups excluding tert-OH is 2. The summed E-state index contributed by atoms with van der Waals surface area (Å²) in [6, 6.07) is 4.15. The van der Waals surface area contributed by atoms with E-state index in [4.69, 9.17) is 21.3 Å². The Labute approximate surface area is 166 Å². The summed E-state index contributed by atoms with van der Waals surface area (Å²) < 4.78 is 18.3. The molecule has 1 aliphatic heterocycles. The van der Waals surface area contributed by atoms with Gasteiger partial charge in [0, 0.05) is 45.0 Å². The molecule has 0 radical (unpaired) electrons. The second-order valence-corrected chi connectivity index (χ2v) is 6.71. The number of nitrogens with one attached hydrogen (secondary N) is 1. The number of β-amino-alcohol motifs (C(OH)–C–C–N with tert-alkyl or cyclic N) is 1. The van der Waals surface area contributed by atoms with Gasteiger partial charge in [-0.05, 0) is 23.4 Å². The van der Waals surface area contributed by atoms with E-state index in [2.05, 4.69) is 30.4 Å². The molecule has 1 aromatic carbocycles. The van der Waals surface area contributed by atoms with Crippen molar-refractivity contribution in [1.82, 2.24) is 20.1 Å². The van der Waals surface area contributed by atoms with E-state index in [-0.39, 0.29) is 17.5 Å². The molecule has 0 unspecified atom stereocenters. The van der Waals surface area contributed by atoms with Crippen LogP contribution in [0.1, 0.15) is 11.4 Å². The van der Waals surface area contributed by atoms with Crippen molar-refractivity contribution in [3.8, 4) is 0 Å². The number of aromatic nitrogens is 2. The Balaban J connectivity index is 1.70. The molecule has 28 heavy (non-hydrogen) atoms. The highest BCUT2D eigenvalue weighted by atomic mass is 35.5. The molecule has 9 nitrogen and oxygen atoms in total. The van der Waals surface area contributed by atoms with Gasteiger partial charge in [-0.1, -0.05) is 16.8 Å². The normalized spacial score (nSPS) is 16.5. The number of piperazine rings is 1. The van der Waals surface area contributed by atoms with Crippen LogP contribution in [0.5, 0.6) is 0 Å². The number of hydrogen-bond donors (Lipinski definition) is 3. The van der Waals surface area contributed by atoms with Crippen LogP contribution in [0.25, 0.3) is 0 Å². The zero-order valence-electron chi connectivity index (χ0n) is 15.2. The number of hydrogen-bond acceptors (Lipinski definition) is 8. The average Bonchev–Trinajstić information content (AvgIpc) is 3.14. The highest BCUT2D eigenvalue weighted by Gasteiger charge is 2.22. The summed E-state index contributed by atoms with van der Waals surface area (Å²) in [4.78, 5) is 8.40. The van der Waals surface area contributed by atoms with Crippen molar-refractivity contribution in [2.75, 3.05) is 51.4 Å². The molecule has 3 rings (SSSR count). The molecule has 2 aromatic rings. The minimum Gasteiger partial charge on any atom is -0.395 e. The average molecular weight is 413 g/mol. The van der Waals surface area contributed by atoms with Gasteiger partial charge in [0.1, 0.15) is 18.2 Å². The van der Waals surface area contributed by atoms with Gasteiger partial charge < -0.3 is 15.5 Å². The zero-order chi connectivity index (χ0) is 19.9. The molecule has 0 saturated carbocycles. The van der Waals surface area contributed by atoms with Gasteiger partial charge in [0.25, 0.3) is 0 Å². The van der Waals surface area contributed by atoms with Crippen LogP contribution in [0, 0.1) is 5.82 Å². The molecule has 0 spiro atoms. The highest BCUT2D eigenvalue weighted by molar-refractivity contribution is 6.31. The molecular weight excluding hydrogens is 391 g/mol. The van der Waals surface area contributed by atoms with E-state index in [0.29, 0.717) is 30.2 Å². The zero-order valence-corrected chi connectivity index (χ0v) is 15.9. The predicted molar refractivity (Wildman–Crippen MR) is 102 cm³/mol. The van der Waals surface area contributed by atoms with E-state index in [1.807, 2.05) is 0 Å². The van der Waals surface area contributed by atoms with Gasteiger partial charge in [0.15, 0.2) is 11.5 Å². The first-order valence-electron chi connectivity index (χ1n) is 8.85. The van der Waals surface area contributed by atoms with E-state index in [1.165, 1.54) is 18.2 Å². The van der Waals surface area contributed by atoms with Crippen LogP contribution in [-0.4, -0.2) is 82.2 Å². The van der Waals surface area contributed by atoms with Crippen LogP contribution in [0.3, 0.4) is 0 Å². The highest BCUT2D eigenvalue weighted by Crippen LogP contribution is 2.20. The fraction of sp³-hybridized carbons (Fsp3) is 0.471. The minimum atomic E-state index is -0.531. The van der Waals surface area contributed by atoms with Crippen LogP contribution in [-0.2, 0) is 6.54 Å². The topological polar surface area (TPSA) is 110 Å². The number of halogens is 2. The van der Waals surface area contributed by atoms with Crippen LogP contribution >= 0.6 is 11.6 Å². The molecule has 0 amide bonds. The van der Waals surface area contributed by atoms with Gasteiger partial charge in [-0.25, -0.2) is 14.0 Å². The van der Waals surface area contributed by atoms with Gasteiger partial charge >= 0.3 is 0 Å². The summed E-state index contributed by atoms with van der Waals surface area (Å²) in [5.41, 5.74) is 1.43. The Hall–Kier alpha value is -2.11. The maximum Gasteiger partial charge on any atom is 0.174 e. The maximum atomic E-state index is 13.4. The molecule has 1 aromatic heterocycles. The minimum absolute atomic E-state index is 0.0346. The van der Waals surface area contributed by atoms with Crippen LogP contribution in [0.15, 0.2) is 27.8 Å². The Morgan fingerprint density at radius 3 is 2.64 bits per heavy atom. The first-order chi connectivity index (χ1) is 13.6. The van der Waals surface area contributed by atoms with Gasteiger partial charge in [0.2, 0.25) is 0 Å². The third-order valence-electron chi connectivity index (χ3n) is 4.45. The summed E-state index contributed by atoms with van der Waals surface area (Å²) >= 11 is 5.82. The molecule has 1 fully saturated rings. The van der Waals surface area contributed by atoms with Gasteiger partial charge in [-0.2, -0.15) is 0 Å². The monoisotopic (exact) mass is 412 g/mol.